The number of rotatable bonds is 13. The molecule has 9 nitrogen and oxygen atoms in total. The van der Waals surface area contributed by atoms with Crippen LogP contribution >= 0.6 is 0 Å². The molecule has 5 rings (SSSR count). The third kappa shape index (κ3) is 8.78. The molecule has 1 fully saturated rings. The number of halogens is 3. The first-order valence-electron chi connectivity index (χ1n) is 16.9. The predicted octanol–water partition coefficient (Wildman–Crippen LogP) is 7.41. The highest BCUT2D eigenvalue weighted by atomic mass is 19.4. The second kappa shape index (κ2) is 16.6. The lowest BCUT2D eigenvalue weighted by molar-refractivity contribution is -0.137. The lowest BCUT2D eigenvalue weighted by Gasteiger charge is -2.32. The zero-order valence-electron chi connectivity index (χ0n) is 28.5. The average molecular weight is 690 g/mol. The van der Waals surface area contributed by atoms with Crippen molar-refractivity contribution in [3.05, 3.63) is 101 Å². The molecule has 0 bridgehead atoms. The van der Waals surface area contributed by atoms with Crippen molar-refractivity contribution in [2.45, 2.75) is 58.8 Å². The van der Waals surface area contributed by atoms with E-state index in [9.17, 15) is 22.8 Å². The zero-order valence-corrected chi connectivity index (χ0v) is 28.5. The van der Waals surface area contributed by atoms with Crippen molar-refractivity contribution in [1.29, 1.82) is 0 Å². The Bertz CT molecular complexity index is 1730. The topological polar surface area (TPSA) is 96.9 Å². The van der Waals surface area contributed by atoms with E-state index in [4.69, 9.17) is 9.47 Å². The van der Waals surface area contributed by atoms with Gasteiger partial charge in [-0.25, -0.2) is 0 Å². The third-order valence-corrected chi connectivity index (χ3v) is 8.48. The Hall–Kier alpha value is -4.97. The molecule has 1 N–H and O–H groups in total. The Labute approximate surface area is 290 Å². The Morgan fingerprint density at radius 2 is 1.56 bits per heavy atom. The molecule has 50 heavy (non-hydrogen) atoms. The molecule has 0 atom stereocenters. The Morgan fingerprint density at radius 3 is 2.18 bits per heavy atom. The smallest absolute Gasteiger partial charge is 0.416 e. The second-order valence-corrected chi connectivity index (χ2v) is 12.0. The standard InChI is InChI=1S/C38H42F3N5O4/c1-4-20-46(33-35(49-5-2)42-25-43-36(33)50-6-3)37(48)28-11-9-10-26(23-28)24-45-21-18-30(19-22-45)44-34(47)32-13-8-7-12-31(32)27-14-16-29(17-15-27)38(39,40)41/h7-17,23,25,30H,4-6,18-22,24H2,1-3H3,(H,44,47). The molecule has 0 saturated carbocycles. The lowest BCUT2D eigenvalue weighted by Crippen LogP contribution is -2.44. The quantitative estimate of drug-likeness (QED) is 0.156. The van der Waals surface area contributed by atoms with Crippen LogP contribution in [0.3, 0.4) is 0 Å². The maximum Gasteiger partial charge on any atom is 0.416 e. The van der Waals surface area contributed by atoms with Gasteiger partial charge in [0.25, 0.3) is 11.8 Å². The maximum atomic E-state index is 14.0. The normalized spacial score (nSPS) is 13.9. The molecular formula is C38H42F3N5O4. The molecule has 0 spiro atoms. The van der Waals surface area contributed by atoms with Gasteiger partial charge >= 0.3 is 6.18 Å². The first-order chi connectivity index (χ1) is 24.1. The zero-order chi connectivity index (χ0) is 35.7. The SMILES string of the molecule is CCCN(C(=O)c1cccc(CN2CCC(NC(=O)c3ccccc3-c3ccc(C(F)(F)F)cc3)CC2)c1)c1c(OCC)ncnc1OCC. The maximum absolute atomic E-state index is 14.0. The van der Waals surface area contributed by atoms with Crippen molar-refractivity contribution in [2.24, 2.45) is 0 Å². The number of likely N-dealkylation sites (tertiary alicyclic amines) is 1. The second-order valence-electron chi connectivity index (χ2n) is 12.0. The van der Waals surface area contributed by atoms with Gasteiger partial charge in [-0.3, -0.25) is 19.4 Å². The van der Waals surface area contributed by atoms with E-state index in [2.05, 4.69) is 20.2 Å². The highest BCUT2D eigenvalue weighted by Gasteiger charge is 2.31. The first-order valence-corrected chi connectivity index (χ1v) is 16.9. The van der Waals surface area contributed by atoms with Gasteiger partial charge in [0.15, 0.2) is 5.69 Å². The molecule has 0 aliphatic carbocycles. The van der Waals surface area contributed by atoms with E-state index >= 15 is 0 Å². The number of carbonyl (C=O) groups is 2. The fraction of sp³-hybridized carbons (Fsp3) is 0.368. The minimum atomic E-state index is -4.43. The summed E-state index contributed by atoms with van der Waals surface area (Å²) in [4.78, 5) is 39.8. The van der Waals surface area contributed by atoms with Crippen LogP contribution in [0.15, 0.2) is 79.1 Å². The van der Waals surface area contributed by atoms with Crippen LogP contribution in [0.5, 0.6) is 11.8 Å². The summed E-state index contributed by atoms with van der Waals surface area (Å²) in [6.45, 7) is 8.97. The van der Waals surface area contributed by atoms with E-state index < -0.39 is 11.7 Å². The highest BCUT2D eigenvalue weighted by Crippen LogP contribution is 2.36. The molecule has 3 aromatic carbocycles. The summed E-state index contributed by atoms with van der Waals surface area (Å²) < 4.78 is 50.8. The number of benzene rings is 3. The van der Waals surface area contributed by atoms with Gasteiger partial charge in [-0.2, -0.15) is 23.1 Å². The van der Waals surface area contributed by atoms with Gasteiger partial charge in [-0.1, -0.05) is 49.4 Å². The molecule has 0 unspecified atom stereocenters. The van der Waals surface area contributed by atoms with Crippen LogP contribution in [0.4, 0.5) is 18.9 Å². The minimum absolute atomic E-state index is 0.0536. The number of hydrogen-bond donors (Lipinski definition) is 1. The number of nitrogens with zero attached hydrogens (tertiary/aromatic N) is 4. The number of piperidine rings is 1. The van der Waals surface area contributed by atoms with Gasteiger partial charge in [0, 0.05) is 43.3 Å². The fourth-order valence-corrected chi connectivity index (χ4v) is 6.09. The highest BCUT2D eigenvalue weighted by molar-refractivity contribution is 6.07. The van der Waals surface area contributed by atoms with Crippen LogP contribution in [0.1, 0.15) is 71.9 Å². The van der Waals surface area contributed by atoms with Crippen molar-refractivity contribution in [2.75, 3.05) is 37.7 Å². The van der Waals surface area contributed by atoms with Crippen molar-refractivity contribution < 1.29 is 32.2 Å². The van der Waals surface area contributed by atoms with E-state index in [1.54, 1.807) is 35.2 Å². The molecule has 2 heterocycles. The van der Waals surface area contributed by atoms with Crippen LogP contribution in [0.25, 0.3) is 11.1 Å². The number of aromatic nitrogens is 2. The van der Waals surface area contributed by atoms with E-state index in [-0.39, 0.29) is 17.9 Å². The molecule has 1 aromatic heterocycles. The van der Waals surface area contributed by atoms with E-state index in [0.717, 1.165) is 43.6 Å². The summed E-state index contributed by atoms with van der Waals surface area (Å²) in [5, 5.41) is 3.13. The average Bonchev–Trinajstić information content (AvgIpc) is 3.12. The van der Waals surface area contributed by atoms with Gasteiger partial charge in [0.05, 0.1) is 18.8 Å². The summed E-state index contributed by atoms with van der Waals surface area (Å²) in [7, 11) is 0. The van der Waals surface area contributed by atoms with Gasteiger partial charge in [0.2, 0.25) is 11.8 Å². The molecule has 2 amide bonds. The van der Waals surface area contributed by atoms with Crippen LogP contribution in [-0.2, 0) is 12.7 Å². The Balaban J connectivity index is 1.22. The number of anilines is 1. The molecule has 4 aromatic rings. The van der Waals surface area contributed by atoms with E-state index in [1.165, 1.54) is 18.5 Å². The van der Waals surface area contributed by atoms with Gasteiger partial charge in [-0.15, -0.1) is 0 Å². The van der Waals surface area contributed by atoms with Crippen molar-refractivity contribution in [3.63, 3.8) is 0 Å². The number of hydrogen-bond acceptors (Lipinski definition) is 7. The molecular weight excluding hydrogens is 647 g/mol. The van der Waals surface area contributed by atoms with Crippen molar-refractivity contribution in [1.82, 2.24) is 20.2 Å². The van der Waals surface area contributed by atoms with Crippen molar-refractivity contribution >= 4 is 17.5 Å². The Kier molecular flexibility index (Phi) is 12.1. The third-order valence-electron chi connectivity index (χ3n) is 8.48. The number of amides is 2. The molecule has 264 valence electrons. The molecule has 1 aliphatic heterocycles. The Morgan fingerprint density at radius 1 is 0.900 bits per heavy atom. The molecule has 1 aliphatic rings. The van der Waals surface area contributed by atoms with Crippen molar-refractivity contribution in [3.8, 4) is 22.9 Å². The number of nitrogens with one attached hydrogen (secondary N) is 1. The largest absolute Gasteiger partial charge is 0.476 e. The van der Waals surface area contributed by atoms with Crippen LogP contribution in [0.2, 0.25) is 0 Å². The summed E-state index contributed by atoms with van der Waals surface area (Å²) in [6.07, 6.45) is -0.909. The van der Waals surface area contributed by atoms with Crippen LogP contribution < -0.4 is 19.7 Å². The fourth-order valence-electron chi connectivity index (χ4n) is 6.09. The summed E-state index contributed by atoms with van der Waals surface area (Å²) in [5.74, 6) is 0.123. The molecule has 12 heteroatoms. The minimum Gasteiger partial charge on any atom is -0.476 e. The summed E-state index contributed by atoms with van der Waals surface area (Å²) in [6, 6.07) is 19.3. The number of ether oxygens (including phenoxy) is 2. The van der Waals surface area contributed by atoms with Gasteiger partial charge in [-0.05, 0) is 80.1 Å². The summed E-state index contributed by atoms with van der Waals surface area (Å²) in [5.41, 5.74) is 2.72. The van der Waals surface area contributed by atoms with Gasteiger partial charge < -0.3 is 14.8 Å². The van der Waals surface area contributed by atoms with Crippen LogP contribution in [0, 0.1) is 0 Å². The van der Waals surface area contributed by atoms with E-state index in [0.29, 0.717) is 72.4 Å². The van der Waals surface area contributed by atoms with E-state index in [1.807, 2.05) is 39.0 Å². The first kappa shape index (κ1) is 36.3. The number of alkyl halides is 3. The van der Waals surface area contributed by atoms with Crippen LogP contribution in [-0.4, -0.2) is 65.6 Å². The number of carbonyl (C=O) groups excluding carboxylic acids is 2. The van der Waals surface area contributed by atoms with Gasteiger partial charge in [0.1, 0.15) is 6.33 Å². The molecule has 1 saturated heterocycles. The molecule has 0 radical (unpaired) electrons. The predicted molar refractivity (Wildman–Crippen MR) is 185 cm³/mol. The lowest BCUT2D eigenvalue weighted by atomic mass is 9.97. The monoisotopic (exact) mass is 689 g/mol. The summed E-state index contributed by atoms with van der Waals surface area (Å²) >= 11 is 0.